The van der Waals surface area contributed by atoms with E-state index in [1.807, 2.05) is 13.2 Å². The van der Waals surface area contributed by atoms with Crippen molar-refractivity contribution in [3.63, 3.8) is 0 Å². The smallest absolute Gasteiger partial charge is 0.253 e. The maximum atomic E-state index is 5.49. The maximum Gasteiger partial charge on any atom is 0.253 e. The van der Waals surface area contributed by atoms with Crippen LogP contribution in [0.25, 0.3) is 0 Å². The van der Waals surface area contributed by atoms with E-state index < -0.39 is 0 Å². The van der Waals surface area contributed by atoms with Gasteiger partial charge in [-0.05, 0) is 0 Å². The van der Waals surface area contributed by atoms with Crippen LogP contribution in [0.15, 0.2) is 12.4 Å². The van der Waals surface area contributed by atoms with Crippen molar-refractivity contribution in [3.05, 3.63) is 18.2 Å². The minimum Gasteiger partial charge on any atom is -0.382 e. The highest BCUT2D eigenvalue weighted by atomic mass is 16.5. The average Bonchev–Trinajstić information content (AvgIpc) is 2.64. The highest BCUT2D eigenvalue weighted by Gasteiger charge is 2.07. The van der Waals surface area contributed by atoms with Gasteiger partial charge in [0.2, 0.25) is 0 Å². The Morgan fingerprint density at radius 3 is 2.35 bits per heavy atom. The second-order valence-electron chi connectivity index (χ2n) is 3.87. The molecule has 0 saturated carbocycles. The lowest BCUT2D eigenvalue weighted by molar-refractivity contribution is -0.677. The van der Waals surface area contributed by atoms with E-state index in [1.54, 1.807) is 7.11 Å². The summed E-state index contributed by atoms with van der Waals surface area (Å²) in [6.45, 7) is 6.21. The lowest BCUT2D eigenvalue weighted by Gasteiger charge is -2.04. The Kier molecular flexibility index (Phi) is 6.84. The molecule has 0 aliphatic rings. The fourth-order valence-electron chi connectivity index (χ4n) is 1.46. The van der Waals surface area contributed by atoms with Crippen LogP contribution < -0.4 is 4.57 Å². The van der Waals surface area contributed by atoms with E-state index in [9.17, 15) is 0 Å². The summed E-state index contributed by atoms with van der Waals surface area (Å²) in [7, 11) is 3.70. The molecule has 0 N–H and O–H groups in total. The largest absolute Gasteiger partial charge is 0.382 e. The minimum atomic E-state index is 0.627. The number of hydrogen-bond donors (Lipinski definition) is 0. The maximum absolute atomic E-state index is 5.49. The molecule has 0 radical (unpaired) electrons. The van der Waals surface area contributed by atoms with E-state index in [4.69, 9.17) is 14.2 Å². The molecule has 0 aliphatic carbocycles. The molecule has 17 heavy (non-hydrogen) atoms. The van der Waals surface area contributed by atoms with Gasteiger partial charge in [0.05, 0.1) is 40.1 Å². The van der Waals surface area contributed by atoms with Gasteiger partial charge in [0.25, 0.3) is 5.82 Å². The van der Waals surface area contributed by atoms with Gasteiger partial charge in [-0.15, -0.1) is 0 Å². The number of nitrogens with zero attached hydrogens (tertiary/aromatic N) is 2. The molecule has 0 amide bonds. The first kappa shape index (κ1) is 14.2. The summed E-state index contributed by atoms with van der Waals surface area (Å²) in [6, 6.07) is 0. The van der Waals surface area contributed by atoms with Crippen molar-refractivity contribution in [3.8, 4) is 0 Å². The lowest BCUT2D eigenvalue weighted by Crippen LogP contribution is -2.30. The highest BCUT2D eigenvalue weighted by molar-refractivity contribution is 4.78. The third-order valence-corrected chi connectivity index (χ3v) is 2.68. The van der Waals surface area contributed by atoms with E-state index in [-0.39, 0.29) is 0 Å². The summed E-state index contributed by atoms with van der Waals surface area (Å²) < 4.78 is 19.9. The Labute approximate surface area is 103 Å². The molecule has 0 aromatic carbocycles. The molecule has 0 fully saturated rings. The standard InChI is InChI=1S/C12H23N2O3/c1-12-13(2)4-5-14(12)6-7-16-10-11-17-9-8-15-3/h4-5H,6-11H2,1-3H3/q+1. The van der Waals surface area contributed by atoms with Crippen LogP contribution in [0.2, 0.25) is 0 Å². The van der Waals surface area contributed by atoms with Crippen molar-refractivity contribution in [2.24, 2.45) is 7.05 Å². The Morgan fingerprint density at radius 2 is 1.76 bits per heavy atom. The zero-order valence-corrected chi connectivity index (χ0v) is 11.0. The van der Waals surface area contributed by atoms with Crippen LogP contribution in [0, 0.1) is 6.92 Å². The van der Waals surface area contributed by atoms with Gasteiger partial charge in [0, 0.05) is 14.0 Å². The van der Waals surface area contributed by atoms with Gasteiger partial charge in [0.15, 0.2) is 0 Å². The number of ether oxygens (including phenoxy) is 3. The molecule has 5 heteroatoms. The van der Waals surface area contributed by atoms with Crippen molar-refractivity contribution in [2.45, 2.75) is 13.5 Å². The van der Waals surface area contributed by atoms with Gasteiger partial charge in [-0.2, -0.15) is 0 Å². The third kappa shape index (κ3) is 5.30. The lowest BCUT2D eigenvalue weighted by atomic mass is 10.6. The van der Waals surface area contributed by atoms with Crippen molar-refractivity contribution >= 4 is 0 Å². The molecule has 1 heterocycles. The average molecular weight is 243 g/mol. The second-order valence-corrected chi connectivity index (χ2v) is 3.87. The SMILES string of the molecule is COCCOCCOCCn1cc[n+](C)c1C. The predicted octanol–water partition coefficient (Wildman–Crippen LogP) is 0.301. The minimum absolute atomic E-state index is 0.627. The number of methoxy groups -OCH3 is 1. The van der Waals surface area contributed by atoms with E-state index in [2.05, 4.69) is 22.3 Å². The summed E-state index contributed by atoms with van der Waals surface area (Å²) in [5, 5.41) is 0. The molecule has 1 rings (SSSR count). The first-order valence-corrected chi connectivity index (χ1v) is 5.91. The number of aryl methyl sites for hydroxylation is 1. The van der Waals surface area contributed by atoms with Crippen LogP contribution >= 0.6 is 0 Å². The molecule has 0 atom stereocenters. The van der Waals surface area contributed by atoms with E-state index >= 15 is 0 Å². The van der Waals surface area contributed by atoms with Gasteiger partial charge in [-0.1, -0.05) is 0 Å². The van der Waals surface area contributed by atoms with Gasteiger partial charge in [0.1, 0.15) is 18.9 Å². The molecule has 0 aliphatic heterocycles. The van der Waals surface area contributed by atoms with E-state index in [0.29, 0.717) is 33.0 Å². The molecule has 0 saturated heterocycles. The molecule has 5 nitrogen and oxygen atoms in total. The molecule has 1 aromatic heterocycles. The Balaban J connectivity index is 1.99. The quantitative estimate of drug-likeness (QED) is 0.462. The molecule has 98 valence electrons. The van der Waals surface area contributed by atoms with Gasteiger partial charge in [-0.3, -0.25) is 0 Å². The molecular formula is C12H23N2O3+. The summed E-state index contributed by atoms with van der Waals surface area (Å²) in [4.78, 5) is 0. The summed E-state index contributed by atoms with van der Waals surface area (Å²) in [6.07, 6.45) is 4.11. The van der Waals surface area contributed by atoms with Crippen LogP contribution in [0.5, 0.6) is 0 Å². The van der Waals surface area contributed by atoms with Crippen molar-refractivity contribution in [1.29, 1.82) is 0 Å². The zero-order valence-electron chi connectivity index (χ0n) is 11.0. The fourth-order valence-corrected chi connectivity index (χ4v) is 1.46. The Hall–Kier alpha value is -0.910. The monoisotopic (exact) mass is 243 g/mol. The topological polar surface area (TPSA) is 36.5 Å². The van der Waals surface area contributed by atoms with Crippen LogP contribution in [0.1, 0.15) is 5.82 Å². The van der Waals surface area contributed by atoms with Crippen LogP contribution in [0.3, 0.4) is 0 Å². The predicted molar refractivity (Wildman–Crippen MR) is 63.9 cm³/mol. The first-order valence-electron chi connectivity index (χ1n) is 5.91. The van der Waals surface area contributed by atoms with Gasteiger partial charge >= 0.3 is 0 Å². The Morgan fingerprint density at radius 1 is 1.12 bits per heavy atom. The van der Waals surface area contributed by atoms with E-state index in [0.717, 1.165) is 6.54 Å². The van der Waals surface area contributed by atoms with E-state index in [1.165, 1.54) is 5.82 Å². The highest BCUT2D eigenvalue weighted by Crippen LogP contribution is 1.92. The molecular weight excluding hydrogens is 220 g/mol. The van der Waals surface area contributed by atoms with Crippen LogP contribution in [0.4, 0.5) is 0 Å². The number of hydrogen-bond acceptors (Lipinski definition) is 3. The van der Waals surface area contributed by atoms with Crippen molar-refractivity contribution < 1.29 is 18.8 Å². The summed E-state index contributed by atoms with van der Waals surface area (Å²) >= 11 is 0. The Bertz CT molecular complexity index is 313. The fraction of sp³-hybridized carbons (Fsp3) is 0.750. The second kappa shape index (κ2) is 8.22. The van der Waals surface area contributed by atoms with Crippen LogP contribution in [-0.4, -0.2) is 44.7 Å². The summed E-state index contributed by atoms with van der Waals surface area (Å²) in [5.41, 5.74) is 0. The zero-order chi connectivity index (χ0) is 12.5. The van der Waals surface area contributed by atoms with Crippen molar-refractivity contribution in [1.82, 2.24) is 4.57 Å². The number of rotatable bonds is 9. The summed E-state index contributed by atoms with van der Waals surface area (Å²) in [5.74, 6) is 1.23. The van der Waals surface area contributed by atoms with Crippen molar-refractivity contribution in [2.75, 3.05) is 40.1 Å². The number of aromatic nitrogens is 2. The molecule has 0 bridgehead atoms. The first-order chi connectivity index (χ1) is 8.25. The molecule has 0 spiro atoms. The van der Waals surface area contributed by atoms with Gasteiger partial charge in [-0.25, -0.2) is 9.13 Å². The number of imidazole rings is 1. The third-order valence-electron chi connectivity index (χ3n) is 2.68. The molecule has 1 aromatic rings. The van der Waals surface area contributed by atoms with Gasteiger partial charge < -0.3 is 14.2 Å². The molecule has 0 unspecified atom stereocenters. The normalized spacial score (nSPS) is 11.0. The van der Waals surface area contributed by atoms with Crippen LogP contribution in [-0.2, 0) is 27.8 Å².